The quantitative estimate of drug-likeness (QED) is 0.321. The molecule has 0 aromatic heterocycles. The molecular formula is C39H47FN4O2. The standard InChI is InChI=1S/C39H47FN4O2/c40-36-23-29(38-33(27-3-1-2-4-27)9-5-28-22-32(45)8-11-34(28)38)6-12-37(36)44-15-13-26(14-16-44)25-42-17-19-43(20-18-42)31-7-10-35-30(21-31)24-41-39(35)46/h6-8,10-12,21-23,26-27,33,38,45H,1-5,9,13-20,24-25H2,(H,41,46)/t33-,38+/m1/s1. The molecule has 2 saturated heterocycles. The van der Waals surface area contributed by atoms with E-state index in [9.17, 15) is 9.90 Å². The van der Waals surface area contributed by atoms with E-state index in [1.54, 1.807) is 0 Å². The monoisotopic (exact) mass is 622 g/mol. The molecule has 242 valence electrons. The van der Waals surface area contributed by atoms with Crippen LogP contribution >= 0.6 is 0 Å². The summed E-state index contributed by atoms with van der Waals surface area (Å²) in [5.41, 5.74) is 7.51. The number of carbonyl (C=O) groups is 1. The van der Waals surface area contributed by atoms with E-state index in [0.29, 0.717) is 30.0 Å². The Bertz CT molecular complexity index is 1590. The highest BCUT2D eigenvalue weighted by molar-refractivity contribution is 5.98. The molecule has 8 rings (SSSR count). The molecule has 3 fully saturated rings. The van der Waals surface area contributed by atoms with E-state index in [-0.39, 0.29) is 17.6 Å². The van der Waals surface area contributed by atoms with Crippen molar-refractivity contribution in [2.24, 2.45) is 17.8 Å². The number of amides is 1. The highest BCUT2D eigenvalue weighted by atomic mass is 19.1. The Balaban J connectivity index is 0.884. The third-order valence-corrected chi connectivity index (χ3v) is 12.0. The number of aromatic hydroxyl groups is 1. The summed E-state index contributed by atoms with van der Waals surface area (Å²) in [6.45, 7) is 7.67. The second kappa shape index (κ2) is 12.6. The van der Waals surface area contributed by atoms with Gasteiger partial charge in [-0.2, -0.15) is 0 Å². The fourth-order valence-corrected chi connectivity index (χ4v) is 9.45. The Labute approximate surface area is 272 Å². The largest absolute Gasteiger partial charge is 0.508 e. The van der Waals surface area contributed by atoms with Crippen molar-refractivity contribution < 1.29 is 14.3 Å². The molecule has 1 amide bonds. The fourth-order valence-electron chi connectivity index (χ4n) is 9.45. The molecule has 6 nitrogen and oxygen atoms in total. The van der Waals surface area contributed by atoms with Crippen molar-refractivity contribution in [3.05, 3.63) is 88.2 Å². The van der Waals surface area contributed by atoms with Gasteiger partial charge in [0.1, 0.15) is 11.6 Å². The minimum atomic E-state index is -0.0881. The SMILES string of the molecule is O=C1NCc2cc(N3CCN(CC4CCN(c5ccc([C@@H]6c7ccc(O)cc7CC[C@@H]6C6CCCC6)cc5F)CC4)CC3)ccc21. The van der Waals surface area contributed by atoms with Crippen LogP contribution in [0.2, 0.25) is 0 Å². The molecule has 3 aromatic rings. The van der Waals surface area contributed by atoms with Crippen molar-refractivity contribution in [2.45, 2.75) is 63.8 Å². The number of nitrogens with zero attached hydrogens (tertiary/aromatic N) is 3. The summed E-state index contributed by atoms with van der Waals surface area (Å²) >= 11 is 0. The summed E-state index contributed by atoms with van der Waals surface area (Å²) in [5, 5.41) is 13.1. The van der Waals surface area contributed by atoms with Crippen LogP contribution in [0.25, 0.3) is 0 Å². The number of hydrogen-bond donors (Lipinski definition) is 2. The Morgan fingerprint density at radius 3 is 2.39 bits per heavy atom. The number of phenols is 1. The third kappa shape index (κ3) is 5.76. The number of phenolic OH excluding ortho intramolecular Hbond substituents is 1. The van der Waals surface area contributed by atoms with Crippen LogP contribution in [0, 0.1) is 23.6 Å². The first-order chi connectivity index (χ1) is 22.5. The van der Waals surface area contributed by atoms with E-state index in [0.717, 1.165) is 93.9 Å². The molecule has 2 atom stereocenters. The van der Waals surface area contributed by atoms with Gasteiger partial charge in [0.05, 0.1) is 5.69 Å². The lowest BCUT2D eigenvalue weighted by molar-refractivity contribution is 0.0965. The molecule has 3 aliphatic heterocycles. The summed E-state index contributed by atoms with van der Waals surface area (Å²) in [5.74, 6) is 2.37. The van der Waals surface area contributed by atoms with Crippen LogP contribution in [-0.4, -0.2) is 61.7 Å². The molecule has 0 unspecified atom stereocenters. The normalized spacial score (nSPS) is 24.2. The van der Waals surface area contributed by atoms with E-state index < -0.39 is 0 Å². The number of carbonyl (C=O) groups excluding carboxylic acids is 1. The van der Waals surface area contributed by atoms with Crippen molar-refractivity contribution in [3.8, 4) is 5.75 Å². The average molecular weight is 623 g/mol. The Morgan fingerprint density at radius 1 is 0.804 bits per heavy atom. The molecule has 0 radical (unpaired) electrons. The molecule has 5 aliphatic rings. The summed E-state index contributed by atoms with van der Waals surface area (Å²) in [6.07, 6.45) is 9.51. The van der Waals surface area contributed by atoms with Crippen LogP contribution in [0.1, 0.15) is 83.5 Å². The van der Waals surface area contributed by atoms with Gasteiger partial charge in [-0.25, -0.2) is 4.39 Å². The van der Waals surface area contributed by atoms with Crippen LogP contribution in [0.4, 0.5) is 15.8 Å². The summed E-state index contributed by atoms with van der Waals surface area (Å²) in [4.78, 5) is 19.2. The van der Waals surface area contributed by atoms with Crippen LogP contribution < -0.4 is 15.1 Å². The van der Waals surface area contributed by atoms with Gasteiger partial charge in [0.2, 0.25) is 0 Å². The Kier molecular flexibility index (Phi) is 8.13. The van der Waals surface area contributed by atoms with Gasteiger partial charge in [-0.05, 0) is 108 Å². The van der Waals surface area contributed by atoms with Crippen molar-refractivity contribution in [1.82, 2.24) is 10.2 Å². The predicted octanol–water partition coefficient (Wildman–Crippen LogP) is 6.70. The van der Waals surface area contributed by atoms with Crippen molar-refractivity contribution in [1.29, 1.82) is 0 Å². The number of piperazine rings is 1. The molecule has 2 N–H and O–H groups in total. The highest BCUT2D eigenvalue weighted by Gasteiger charge is 2.37. The Hall–Kier alpha value is -3.58. The lowest BCUT2D eigenvalue weighted by Gasteiger charge is -2.40. The van der Waals surface area contributed by atoms with Crippen molar-refractivity contribution in [2.75, 3.05) is 55.6 Å². The molecular weight excluding hydrogens is 575 g/mol. The predicted molar refractivity (Wildman–Crippen MR) is 181 cm³/mol. The van der Waals surface area contributed by atoms with E-state index in [2.05, 4.69) is 50.3 Å². The number of rotatable bonds is 6. The van der Waals surface area contributed by atoms with Crippen molar-refractivity contribution >= 4 is 17.3 Å². The number of hydrogen-bond acceptors (Lipinski definition) is 5. The van der Waals surface area contributed by atoms with Gasteiger partial charge in [-0.1, -0.05) is 37.8 Å². The summed E-state index contributed by atoms with van der Waals surface area (Å²) in [7, 11) is 0. The van der Waals surface area contributed by atoms with Gasteiger partial charge in [0, 0.05) is 69.5 Å². The highest BCUT2D eigenvalue weighted by Crippen LogP contribution is 2.49. The minimum Gasteiger partial charge on any atom is -0.508 e. The minimum absolute atomic E-state index is 0.0398. The van der Waals surface area contributed by atoms with Crippen LogP contribution in [0.3, 0.4) is 0 Å². The zero-order chi connectivity index (χ0) is 31.2. The number of benzene rings is 3. The van der Waals surface area contributed by atoms with E-state index in [4.69, 9.17) is 0 Å². The van der Waals surface area contributed by atoms with Crippen LogP contribution in [-0.2, 0) is 13.0 Å². The van der Waals surface area contributed by atoms with Gasteiger partial charge in [-0.3, -0.25) is 9.69 Å². The molecule has 2 aliphatic carbocycles. The second-order valence-electron chi connectivity index (χ2n) is 14.6. The number of piperidine rings is 1. The molecule has 7 heteroatoms. The number of fused-ring (bicyclic) bond motifs is 2. The lowest BCUT2D eigenvalue weighted by Crippen LogP contribution is -2.49. The smallest absolute Gasteiger partial charge is 0.251 e. The summed E-state index contributed by atoms with van der Waals surface area (Å²) in [6, 6.07) is 18.2. The van der Waals surface area contributed by atoms with Crippen LogP contribution in [0.15, 0.2) is 54.6 Å². The van der Waals surface area contributed by atoms with E-state index >= 15 is 4.39 Å². The van der Waals surface area contributed by atoms with E-state index in [1.807, 2.05) is 24.3 Å². The second-order valence-corrected chi connectivity index (χ2v) is 14.6. The number of halogens is 1. The first-order valence-electron chi connectivity index (χ1n) is 17.7. The van der Waals surface area contributed by atoms with E-state index in [1.165, 1.54) is 42.5 Å². The zero-order valence-electron chi connectivity index (χ0n) is 26.9. The van der Waals surface area contributed by atoms with Gasteiger partial charge in [0.25, 0.3) is 5.91 Å². The maximum Gasteiger partial charge on any atom is 0.251 e. The molecule has 0 spiro atoms. The molecule has 3 heterocycles. The first kappa shape index (κ1) is 29.8. The van der Waals surface area contributed by atoms with Crippen molar-refractivity contribution in [3.63, 3.8) is 0 Å². The fraction of sp³-hybridized carbons (Fsp3) is 0.513. The number of aryl methyl sites for hydroxylation is 1. The Morgan fingerprint density at radius 2 is 1.61 bits per heavy atom. The van der Waals surface area contributed by atoms with Gasteiger partial charge in [0.15, 0.2) is 0 Å². The maximum absolute atomic E-state index is 16.0. The van der Waals surface area contributed by atoms with Gasteiger partial charge < -0.3 is 20.2 Å². The van der Waals surface area contributed by atoms with Crippen LogP contribution in [0.5, 0.6) is 5.75 Å². The van der Waals surface area contributed by atoms with Gasteiger partial charge in [-0.15, -0.1) is 0 Å². The summed E-state index contributed by atoms with van der Waals surface area (Å²) < 4.78 is 16.0. The zero-order valence-corrected chi connectivity index (χ0v) is 26.9. The topological polar surface area (TPSA) is 59.1 Å². The number of anilines is 2. The maximum atomic E-state index is 16.0. The average Bonchev–Trinajstić information content (AvgIpc) is 3.75. The lowest BCUT2D eigenvalue weighted by atomic mass is 9.66. The first-order valence-corrected chi connectivity index (χ1v) is 17.7. The van der Waals surface area contributed by atoms with Gasteiger partial charge >= 0.3 is 0 Å². The number of nitrogens with one attached hydrogen (secondary N) is 1. The third-order valence-electron chi connectivity index (χ3n) is 12.0. The molecule has 3 aromatic carbocycles. The molecule has 0 bridgehead atoms. The molecule has 46 heavy (non-hydrogen) atoms. The molecule has 1 saturated carbocycles.